The van der Waals surface area contributed by atoms with Crippen LogP contribution in [0.2, 0.25) is 0 Å². The van der Waals surface area contributed by atoms with Crippen molar-refractivity contribution < 1.29 is 18.6 Å². The maximum atomic E-state index is 10.2. The van der Waals surface area contributed by atoms with Crippen LogP contribution in [0.5, 0.6) is 11.5 Å². The molecule has 4 nitrogen and oxygen atoms in total. The molecule has 2 N–H and O–H groups in total. The number of hydrogen-bond acceptors (Lipinski definition) is 4. The number of phenols is 2. The molecule has 102 valence electrons. The van der Waals surface area contributed by atoms with E-state index in [1.165, 1.54) is 6.07 Å². The van der Waals surface area contributed by atoms with E-state index in [2.05, 4.69) is 0 Å². The molecule has 0 amide bonds. The zero-order valence-electron chi connectivity index (χ0n) is 10.5. The van der Waals surface area contributed by atoms with Crippen LogP contribution >= 0.6 is 0 Å². The SMILES string of the molecule is CCc1ccc(O)cc1O.O=[SH](=O)c1ccccc1. The van der Waals surface area contributed by atoms with Crippen LogP contribution in [0.15, 0.2) is 53.4 Å². The molecule has 0 saturated heterocycles. The van der Waals surface area contributed by atoms with E-state index in [1.807, 2.05) is 6.92 Å². The van der Waals surface area contributed by atoms with Crippen LogP contribution in [0.1, 0.15) is 12.5 Å². The normalized spacial score (nSPS) is 9.79. The number of aryl methyl sites for hydroxylation is 1. The second kappa shape index (κ2) is 7.43. The first kappa shape index (κ1) is 15.0. The summed E-state index contributed by atoms with van der Waals surface area (Å²) in [4.78, 5) is 0.368. The summed E-state index contributed by atoms with van der Waals surface area (Å²) in [6.07, 6.45) is 0.784. The van der Waals surface area contributed by atoms with E-state index in [0.717, 1.165) is 12.0 Å². The molecule has 0 aliphatic heterocycles. The van der Waals surface area contributed by atoms with Gasteiger partial charge in [-0.15, -0.1) is 0 Å². The first-order chi connectivity index (χ1) is 9.04. The summed E-state index contributed by atoms with van der Waals surface area (Å²) in [5.74, 6) is 0.275. The largest absolute Gasteiger partial charge is 0.508 e. The van der Waals surface area contributed by atoms with Gasteiger partial charge in [0, 0.05) is 6.07 Å². The van der Waals surface area contributed by atoms with Crippen molar-refractivity contribution in [1.82, 2.24) is 0 Å². The van der Waals surface area contributed by atoms with Gasteiger partial charge in [-0.1, -0.05) is 31.2 Å². The Labute approximate surface area is 113 Å². The highest BCUT2D eigenvalue weighted by Crippen LogP contribution is 2.22. The molecule has 0 unspecified atom stereocenters. The molecule has 0 bridgehead atoms. The van der Waals surface area contributed by atoms with Gasteiger partial charge in [0.2, 0.25) is 0 Å². The Hall–Kier alpha value is -2.01. The summed E-state index contributed by atoms with van der Waals surface area (Å²) in [7, 11) is -2.40. The number of phenolic OH excluding ortho intramolecular Hbond substituents is 2. The summed E-state index contributed by atoms with van der Waals surface area (Å²) in [6, 6.07) is 12.9. The highest BCUT2D eigenvalue weighted by Gasteiger charge is 1.97. The van der Waals surface area contributed by atoms with E-state index in [1.54, 1.807) is 42.5 Å². The van der Waals surface area contributed by atoms with E-state index in [9.17, 15) is 8.42 Å². The molecule has 0 spiro atoms. The van der Waals surface area contributed by atoms with Gasteiger partial charge < -0.3 is 10.2 Å². The molecule has 0 aliphatic rings. The minimum absolute atomic E-state index is 0.106. The first-order valence-electron chi connectivity index (χ1n) is 5.75. The van der Waals surface area contributed by atoms with Gasteiger partial charge in [-0.05, 0) is 30.2 Å². The van der Waals surface area contributed by atoms with E-state index in [-0.39, 0.29) is 11.5 Å². The Morgan fingerprint density at radius 3 is 2.05 bits per heavy atom. The molecule has 2 aromatic rings. The summed E-state index contributed by atoms with van der Waals surface area (Å²) in [6.45, 7) is 1.95. The molecule has 0 atom stereocenters. The Balaban J connectivity index is 0.000000191. The Kier molecular flexibility index (Phi) is 5.89. The molecule has 0 aromatic heterocycles. The topological polar surface area (TPSA) is 74.6 Å². The number of hydrogen-bond donors (Lipinski definition) is 3. The highest BCUT2D eigenvalue weighted by atomic mass is 32.2. The van der Waals surface area contributed by atoms with Crippen molar-refractivity contribution in [2.45, 2.75) is 18.2 Å². The van der Waals surface area contributed by atoms with Crippen LogP contribution in [-0.4, -0.2) is 18.6 Å². The monoisotopic (exact) mass is 280 g/mol. The molecule has 0 radical (unpaired) electrons. The van der Waals surface area contributed by atoms with Crippen LogP contribution in [0, 0.1) is 0 Å². The maximum absolute atomic E-state index is 10.2. The lowest BCUT2D eigenvalue weighted by molar-refractivity contribution is 0.446. The van der Waals surface area contributed by atoms with Crippen molar-refractivity contribution in [3.63, 3.8) is 0 Å². The molecule has 0 fully saturated rings. The first-order valence-corrected chi connectivity index (χ1v) is 6.92. The van der Waals surface area contributed by atoms with E-state index in [4.69, 9.17) is 10.2 Å². The highest BCUT2D eigenvalue weighted by molar-refractivity contribution is 7.72. The van der Waals surface area contributed by atoms with Crippen molar-refractivity contribution in [1.29, 1.82) is 0 Å². The van der Waals surface area contributed by atoms with E-state index in [0.29, 0.717) is 4.90 Å². The number of aromatic hydroxyl groups is 2. The van der Waals surface area contributed by atoms with Gasteiger partial charge in [0.05, 0.1) is 4.90 Å². The van der Waals surface area contributed by atoms with Crippen LogP contribution < -0.4 is 0 Å². The van der Waals surface area contributed by atoms with Crippen LogP contribution in [0.3, 0.4) is 0 Å². The zero-order valence-corrected chi connectivity index (χ0v) is 11.4. The van der Waals surface area contributed by atoms with Crippen molar-refractivity contribution in [3.8, 4) is 11.5 Å². The van der Waals surface area contributed by atoms with Crippen molar-refractivity contribution in [2.75, 3.05) is 0 Å². The Bertz CT molecular complexity index is 584. The van der Waals surface area contributed by atoms with Crippen LogP contribution in [0.4, 0.5) is 0 Å². The lowest BCUT2D eigenvalue weighted by Gasteiger charge is -1.99. The minimum atomic E-state index is -2.40. The molecule has 0 saturated carbocycles. The standard InChI is InChI=1S/C8H10O2.C6H6O2S/c1-2-6-3-4-7(9)5-8(6)10;7-9(8)6-4-2-1-3-5-6/h3-5,9-10H,2H2,1H3;1-5,9H. The average molecular weight is 280 g/mol. The fourth-order valence-corrected chi connectivity index (χ4v) is 1.82. The summed E-state index contributed by atoms with van der Waals surface area (Å²) >= 11 is 0. The van der Waals surface area contributed by atoms with Crippen molar-refractivity contribution >= 4 is 10.7 Å². The molecule has 2 rings (SSSR count). The zero-order chi connectivity index (χ0) is 14.3. The van der Waals surface area contributed by atoms with Crippen LogP contribution in [-0.2, 0) is 17.1 Å². The Morgan fingerprint density at radius 1 is 1.00 bits per heavy atom. The number of benzene rings is 2. The molecular weight excluding hydrogens is 264 g/mol. The minimum Gasteiger partial charge on any atom is -0.508 e. The van der Waals surface area contributed by atoms with Gasteiger partial charge in [-0.2, -0.15) is 0 Å². The predicted molar refractivity (Wildman–Crippen MR) is 74.2 cm³/mol. The Morgan fingerprint density at radius 2 is 1.63 bits per heavy atom. The van der Waals surface area contributed by atoms with Gasteiger partial charge in [0.25, 0.3) is 0 Å². The van der Waals surface area contributed by atoms with Crippen LogP contribution in [0.25, 0.3) is 0 Å². The van der Waals surface area contributed by atoms with Gasteiger partial charge in [0.15, 0.2) is 10.7 Å². The molecular formula is C14H16O4S. The van der Waals surface area contributed by atoms with Crippen molar-refractivity contribution in [3.05, 3.63) is 54.1 Å². The van der Waals surface area contributed by atoms with E-state index >= 15 is 0 Å². The van der Waals surface area contributed by atoms with Gasteiger partial charge in [0.1, 0.15) is 11.5 Å². The molecule has 2 aromatic carbocycles. The molecule has 19 heavy (non-hydrogen) atoms. The van der Waals surface area contributed by atoms with E-state index < -0.39 is 10.7 Å². The van der Waals surface area contributed by atoms with Crippen molar-refractivity contribution in [2.24, 2.45) is 0 Å². The lowest BCUT2D eigenvalue weighted by atomic mass is 10.1. The number of thiol groups is 1. The third-order valence-electron chi connectivity index (χ3n) is 2.42. The molecule has 0 heterocycles. The fourth-order valence-electron chi connectivity index (χ4n) is 1.40. The second-order valence-corrected chi connectivity index (χ2v) is 4.79. The maximum Gasteiger partial charge on any atom is 0.168 e. The fraction of sp³-hybridized carbons (Fsp3) is 0.143. The summed E-state index contributed by atoms with van der Waals surface area (Å²) < 4.78 is 20.5. The predicted octanol–water partition coefficient (Wildman–Crippen LogP) is 2.32. The lowest BCUT2D eigenvalue weighted by Crippen LogP contribution is -1.79. The van der Waals surface area contributed by atoms with Gasteiger partial charge in [-0.25, -0.2) is 8.42 Å². The third-order valence-corrected chi connectivity index (χ3v) is 3.14. The smallest absolute Gasteiger partial charge is 0.168 e. The quantitative estimate of drug-likeness (QED) is 0.738. The summed E-state index contributed by atoms with van der Waals surface area (Å²) in [5.41, 5.74) is 0.859. The molecule has 0 aliphatic carbocycles. The molecule has 5 heteroatoms. The number of rotatable bonds is 2. The summed E-state index contributed by atoms with van der Waals surface area (Å²) in [5, 5.41) is 18.0. The average Bonchev–Trinajstić information content (AvgIpc) is 2.40. The third kappa shape index (κ3) is 5.01. The second-order valence-electron chi connectivity index (χ2n) is 3.76. The van der Waals surface area contributed by atoms with Gasteiger partial charge >= 0.3 is 0 Å². The van der Waals surface area contributed by atoms with Gasteiger partial charge in [-0.3, -0.25) is 0 Å².